The molecule has 5 N–H and O–H groups in total. The number of carboxylic acid groups (broad SMARTS) is 2. The number of carboxylic acids is 2. The molecule has 41 heavy (non-hydrogen) atoms. The minimum atomic E-state index is -1.05. The Morgan fingerprint density at radius 1 is 0.707 bits per heavy atom. The highest BCUT2D eigenvalue weighted by atomic mass is 16.5. The number of carbonyl (C=O) groups is 2. The number of nitrogens with zero attached hydrogens (tertiary/aromatic N) is 4. The zero-order valence-electron chi connectivity index (χ0n) is 21.5. The van der Waals surface area contributed by atoms with Crippen LogP contribution in [0.4, 0.5) is 23.3 Å². The predicted octanol–water partition coefficient (Wildman–Crippen LogP) is 4.04. The van der Waals surface area contributed by atoms with Crippen LogP contribution in [0.3, 0.4) is 0 Å². The minimum Gasteiger partial charge on any atom is -0.482 e. The standard InChI is InChI=1S/C28H25N7O6/c36-26(37)17-40-22-10-6-19(7-11-22)15-29-34-25-14-24(31-21-4-2-1-3-5-21)32-28(33-25)35-30-16-20-8-12-23(13-9-20)41-18-27(38)39/h1-16H,17-18H2,(H,36,37)(H,38,39)(H3,31,32,33,34,35). The highest BCUT2D eigenvalue weighted by Crippen LogP contribution is 2.19. The first-order valence-electron chi connectivity index (χ1n) is 12.1. The summed E-state index contributed by atoms with van der Waals surface area (Å²) in [6.45, 7) is -0.839. The number of hydrogen-bond donors (Lipinski definition) is 5. The second-order valence-corrected chi connectivity index (χ2v) is 8.20. The van der Waals surface area contributed by atoms with Crippen LogP contribution in [0.1, 0.15) is 11.1 Å². The molecule has 0 aliphatic heterocycles. The molecule has 13 nitrogen and oxygen atoms in total. The van der Waals surface area contributed by atoms with Crippen molar-refractivity contribution in [3.8, 4) is 11.5 Å². The van der Waals surface area contributed by atoms with Crippen LogP contribution in [0.15, 0.2) is 95.1 Å². The number of aliphatic carboxylic acids is 2. The summed E-state index contributed by atoms with van der Waals surface area (Å²) < 4.78 is 10.3. The summed E-state index contributed by atoms with van der Waals surface area (Å²) in [5, 5.41) is 29.0. The molecule has 0 fully saturated rings. The van der Waals surface area contributed by atoms with Crippen LogP contribution in [0.25, 0.3) is 0 Å². The molecule has 0 saturated carbocycles. The van der Waals surface area contributed by atoms with E-state index in [-0.39, 0.29) is 5.95 Å². The number of aromatic nitrogens is 2. The number of anilines is 4. The fourth-order valence-corrected chi connectivity index (χ4v) is 3.22. The first-order chi connectivity index (χ1) is 19.9. The monoisotopic (exact) mass is 555 g/mol. The van der Waals surface area contributed by atoms with Crippen LogP contribution in [0.5, 0.6) is 11.5 Å². The molecule has 0 amide bonds. The Kier molecular flexibility index (Phi) is 9.75. The summed E-state index contributed by atoms with van der Waals surface area (Å²) in [5.74, 6) is -0.175. The van der Waals surface area contributed by atoms with Crippen LogP contribution < -0.4 is 25.6 Å². The van der Waals surface area contributed by atoms with E-state index in [1.54, 1.807) is 67.0 Å². The predicted molar refractivity (Wildman–Crippen MR) is 153 cm³/mol. The summed E-state index contributed by atoms with van der Waals surface area (Å²) in [5.41, 5.74) is 7.98. The van der Waals surface area contributed by atoms with Gasteiger partial charge in [0, 0.05) is 11.8 Å². The van der Waals surface area contributed by atoms with E-state index >= 15 is 0 Å². The Labute approximate surface area is 234 Å². The van der Waals surface area contributed by atoms with Crippen molar-refractivity contribution in [3.05, 3.63) is 96.1 Å². The van der Waals surface area contributed by atoms with Gasteiger partial charge in [0.15, 0.2) is 19.0 Å². The summed E-state index contributed by atoms with van der Waals surface area (Å²) >= 11 is 0. The van der Waals surface area contributed by atoms with Gasteiger partial charge in [0.25, 0.3) is 0 Å². The molecular weight excluding hydrogens is 530 g/mol. The number of ether oxygens (including phenoxy) is 2. The fourth-order valence-electron chi connectivity index (χ4n) is 3.22. The number of hydrogen-bond acceptors (Lipinski definition) is 11. The highest BCUT2D eigenvalue weighted by Gasteiger charge is 2.05. The van der Waals surface area contributed by atoms with Crippen LogP contribution in [-0.2, 0) is 9.59 Å². The van der Waals surface area contributed by atoms with E-state index in [2.05, 4.69) is 36.3 Å². The van der Waals surface area contributed by atoms with Crippen molar-refractivity contribution in [1.82, 2.24) is 9.97 Å². The van der Waals surface area contributed by atoms with Gasteiger partial charge in [-0.2, -0.15) is 20.2 Å². The number of nitrogens with one attached hydrogen (secondary N) is 3. The fraction of sp³-hybridized carbons (Fsp3) is 0.0714. The van der Waals surface area contributed by atoms with Gasteiger partial charge in [-0.25, -0.2) is 15.0 Å². The van der Waals surface area contributed by atoms with Gasteiger partial charge in [-0.15, -0.1) is 0 Å². The number of para-hydroxylation sites is 1. The topological polar surface area (TPSA) is 180 Å². The zero-order valence-corrected chi connectivity index (χ0v) is 21.5. The number of hydrazone groups is 2. The van der Waals surface area contributed by atoms with E-state index < -0.39 is 25.2 Å². The van der Waals surface area contributed by atoms with Gasteiger partial charge in [0.1, 0.15) is 17.3 Å². The third kappa shape index (κ3) is 9.68. The second kappa shape index (κ2) is 14.2. The van der Waals surface area contributed by atoms with E-state index in [4.69, 9.17) is 19.7 Å². The maximum Gasteiger partial charge on any atom is 0.341 e. The Balaban J connectivity index is 1.43. The van der Waals surface area contributed by atoms with E-state index in [9.17, 15) is 9.59 Å². The Morgan fingerprint density at radius 3 is 1.76 bits per heavy atom. The molecular formula is C28H25N7O6. The Bertz CT molecular complexity index is 1420. The van der Waals surface area contributed by atoms with Gasteiger partial charge in [-0.3, -0.25) is 5.43 Å². The van der Waals surface area contributed by atoms with Gasteiger partial charge >= 0.3 is 11.9 Å². The summed E-state index contributed by atoms with van der Waals surface area (Å²) in [4.78, 5) is 30.1. The average Bonchev–Trinajstić information content (AvgIpc) is 2.97. The summed E-state index contributed by atoms with van der Waals surface area (Å²) in [6.07, 6.45) is 3.12. The largest absolute Gasteiger partial charge is 0.482 e. The van der Waals surface area contributed by atoms with Crippen molar-refractivity contribution < 1.29 is 29.3 Å². The third-order valence-electron chi connectivity index (χ3n) is 5.03. The van der Waals surface area contributed by atoms with Crippen LogP contribution in [-0.4, -0.2) is 57.8 Å². The first kappa shape index (κ1) is 28.0. The van der Waals surface area contributed by atoms with Crippen LogP contribution >= 0.6 is 0 Å². The van der Waals surface area contributed by atoms with Gasteiger partial charge in [0.2, 0.25) is 5.95 Å². The normalized spacial score (nSPS) is 10.8. The summed E-state index contributed by atoms with van der Waals surface area (Å²) in [7, 11) is 0. The highest BCUT2D eigenvalue weighted by molar-refractivity contribution is 5.81. The molecule has 208 valence electrons. The minimum absolute atomic E-state index is 0.196. The van der Waals surface area contributed by atoms with Crippen LogP contribution in [0.2, 0.25) is 0 Å². The zero-order chi connectivity index (χ0) is 28.9. The molecule has 3 aromatic carbocycles. The maximum atomic E-state index is 10.6. The summed E-state index contributed by atoms with van der Waals surface area (Å²) in [6, 6.07) is 24.7. The molecule has 0 saturated heterocycles. The third-order valence-corrected chi connectivity index (χ3v) is 5.03. The smallest absolute Gasteiger partial charge is 0.341 e. The lowest BCUT2D eigenvalue weighted by Gasteiger charge is -2.09. The SMILES string of the molecule is O=C(O)COc1ccc(C=NNc2cc(Nc3ccccc3)nc(NN=Cc3ccc(OCC(=O)O)cc3)n2)cc1. The van der Waals surface area contributed by atoms with E-state index in [1.807, 2.05) is 30.3 Å². The van der Waals surface area contributed by atoms with Crippen molar-refractivity contribution in [2.45, 2.75) is 0 Å². The number of rotatable bonds is 14. The van der Waals surface area contributed by atoms with E-state index in [0.717, 1.165) is 16.8 Å². The molecule has 4 rings (SSSR count). The van der Waals surface area contributed by atoms with Crippen molar-refractivity contribution in [1.29, 1.82) is 0 Å². The molecule has 0 bridgehead atoms. The van der Waals surface area contributed by atoms with Crippen molar-refractivity contribution in [2.24, 2.45) is 10.2 Å². The molecule has 1 heterocycles. The second-order valence-electron chi connectivity index (χ2n) is 8.20. The lowest BCUT2D eigenvalue weighted by molar-refractivity contribution is -0.140. The van der Waals surface area contributed by atoms with Crippen molar-refractivity contribution in [3.63, 3.8) is 0 Å². The lowest BCUT2D eigenvalue weighted by Crippen LogP contribution is -2.09. The van der Waals surface area contributed by atoms with Gasteiger partial charge in [-0.05, 0) is 71.8 Å². The van der Waals surface area contributed by atoms with Gasteiger partial charge < -0.3 is 25.0 Å². The molecule has 0 unspecified atom stereocenters. The van der Waals surface area contributed by atoms with Crippen LogP contribution in [0, 0.1) is 0 Å². The lowest BCUT2D eigenvalue weighted by atomic mass is 10.2. The van der Waals surface area contributed by atoms with E-state index in [1.165, 1.54) is 0 Å². The van der Waals surface area contributed by atoms with Crippen molar-refractivity contribution >= 4 is 47.6 Å². The molecule has 0 spiro atoms. The molecule has 0 aliphatic carbocycles. The van der Waals surface area contributed by atoms with Crippen molar-refractivity contribution in [2.75, 3.05) is 29.4 Å². The van der Waals surface area contributed by atoms with Gasteiger partial charge in [0.05, 0.1) is 12.4 Å². The molecule has 0 radical (unpaired) electrons. The quantitative estimate of drug-likeness (QED) is 0.112. The molecule has 13 heteroatoms. The maximum absolute atomic E-state index is 10.6. The molecule has 0 atom stereocenters. The molecule has 1 aromatic heterocycles. The Hall–Kier alpha value is -5.98. The average molecular weight is 556 g/mol. The first-order valence-corrected chi connectivity index (χ1v) is 12.1. The Morgan fingerprint density at radius 2 is 1.22 bits per heavy atom. The molecule has 4 aromatic rings. The van der Waals surface area contributed by atoms with E-state index in [0.29, 0.717) is 23.1 Å². The molecule has 0 aliphatic rings. The number of benzene rings is 3. The van der Waals surface area contributed by atoms with Gasteiger partial charge in [-0.1, -0.05) is 18.2 Å².